The Morgan fingerprint density at radius 1 is 0.950 bits per heavy atom. The van der Waals surface area contributed by atoms with Crippen LogP contribution in [0.25, 0.3) is 0 Å². The largest absolute Gasteiger partial charge is 0.294 e. The quantitative estimate of drug-likeness (QED) is 0.682. The van der Waals surface area contributed by atoms with Crippen molar-refractivity contribution in [2.45, 2.75) is 32.1 Å². The number of rotatable bonds is 2. The maximum absolute atomic E-state index is 13.0. The van der Waals surface area contributed by atoms with Crippen LogP contribution in [0.2, 0.25) is 10.0 Å². The number of hydrogen-bond donors (Lipinski definition) is 0. The molecule has 0 N–H and O–H groups in total. The number of carbonyl (C=O) groups is 1. The predicted octanol–water partition coefficient (Wildman–Crippen LogP) is 5.25. The normalized spacial score (nSPS) is 38.2. The smallest absolute Gasteiger partial charge is 0.168 e. The van der Waals surface area contributed by atoms with Gasteiger partial charge in [-0.25, -0.2) is 0 Å². The van der Waals surface area contributed by atoms with Crippen LogP contribution in [-0.2, 0) is 0 Å². The van der Waals surface area contributed by atoms with Crippen molar-refractivity contribution in [1.29, 1.82) is 0 Å². The molecule has 0 atom stereocenters. The van der Waals surface area contributed by atoms with E-state index in [1.807, 2.05) is 12.1 Å². The van der Waals surface area contributed by atoms with Gasteiger partial charge in [-0.15, -0.1) is 0 Å². The van der Waals surface area contributed by atoms with Crippen molar-refractivity contribution < 1.29 is 4.79 Å². The first kappa shape index (κ1) is 13.2. The molecular formula is C17H18Cl2O. The second-order valence-electron chi connectivity index (χ2n) is 6.92. The Kier molecular flexibility index (Phi) is 3.12. The summed E-state index contributed by atoms with van der Waals surface area (Å²) in [6, 6.07) is 5.41. The van der Waals surface area contributed by atoms with Gasteiger partial charge in [0.05, 0.1) is 10.0 Å². The fraction of sp³-hybridized carbons (Fsp3) is 0.588. The van der Waals surface area contributed by atoms with E-state index >= 15 is 0 Å². The summed E-state index contributed by atoms with van der Waals surface area (Å²) in [6.45, 7) is 0. The van der Waals surface area contributed by atoms with E-state index < -0.39 is 0 Å². The van der Waals surface area contributed by atoms with Crippen molar-refractivity contribution in [2.75, 3.05) is 0 Å². The number of benzene rings is 1. The van der Waals surface area contributed by atoms with Crippen molar-refractivity contribution in [3.05, 3.63) is 33.8 Å². The van der Waals surface area contributed by atoms with Crippen LogP contribution in [0.3, 0.4) is 0 Å². The fourth-order valence-corrected chi connectivity index (χ4v) is 5.62. The van der Waals surface area contributed by atoms with Crippen molar-refractivity contribution in [3.8, 4) is 0 Å². The molecule has 0 saturated heterocycles. The minimum absolute atomic E-state index is 0.193. The molecule has 0 spiro atoms. The van der Waals surface area contributed by atoms with Crippen LogP contribution in [-0.4, -0.2) is 5.78 Å². The molecule has 0 radical (unpaired) electrons. The second kappa shape index (κ2) is 4.74. The third-order valence-corrected chi connectivity index (χ3v) is 6.57. The van der Waals surface area contributed by atoms with E-state index in [4.69, 9.17) is 23.2 Å². The third-order valence-electron chi connectivity index (χ3n) is 5.75. The highest BCUT2D eigenvalue weighted by atomic mass is 35.5. The van der Waals surface area contributed by atoms with Gasteiger partial charge in [-0.1, -0.05) is 29.3 Å². The second-order valence-corrected chi connectivity index (χ2v) is 7.71. The van der Waals surface area contributed by atoms with Crippen molar-refractivity contribution in [2.24, 2.45) is 29.6 Å². The number of carbonyl (C=O) groups excluding carboxylic acids is 1. The van der Waals surface area contributed by atoms with Crippen molar-refractivity contribution in [3.63, 3.8) is 0 Å². The highest BCUT2D eigenvalue weighted by molar-refractivity contribution is 6.44. The summed E-state index contributed by atoms with van der Waals surface area (Å²) in [5.41, 5.74) is 0.636. The predicted molar refractivity (Wildman–Crippen MR) is 81.3 cm³/mol. The zero-order valence-electron chi connectivity index (χ0n) is 11.3. The molecular weight excluding hydrogens is 291 g/mol. The van der Waals surface area contributed by atoms with E-state index in [-0.39, 0.29) is 11.7 Å². The summed E-state index contributed by atoms with van der Waals surface area (Å²) >= 11 is 12.3. The Labute approximate surface area is 129 Å². The molecule has 1 aromatic rings. The molecule has 4 aliphatic carbocycles. The number of halogens is 2. The molecule has 106 valence electrons. The summed E-state index contributed by atoms with van der Waals surface area (Å²) in [6.07, 6.45) is 6.41. The lowest BCUT2D eigenvalue weighted by molar-refractivity contribution is -0.0251. The molecule has 20 heavy (non-hydrogen) atoms. The van der Waals surface area contributed by atoms with E-state index in [9.17, 15) is 4.79 Å². The molecule has 0 amide bonds. The monoisotopic (exact) mass is 308 g/mol. The molecule has 0 heterocycles. The van der Waals surface area contributed by atoms with E-state index in [1.54, 1.807) is 6.07 Å². The Bertz CT molecular complexity index is 538. The summed E-state index contributed by atoms with van der Waals surface area (Å²) < 4.78 is 0. The minimum Gasteiger partial charge on any atom is -0.294 e. The van der Waals surface area contributed by atoms with E-state index in [1.165, 1.54) is 32.1 Å². The van der Waals surface area contributed by atoms with Gasteiger partial charge in [0, 0.05) is 11.5 Å². The third kappa shape index (κ3) is 1.94. The lowest BCUT2D eigenvalue weighted by atomic mass is 9.51. The molecule has 3 heteroatoms. The summed E-state index contributed by atoms with van der Waals surface area (Å²) in [5.74, 6) is 3.39. The molecule has 0 aromatic heterocycles. The SMILES string of the molecule is O=C(c1cccc(Cl)c1Cl)C1C2CC3CC(C2)CC1C3. The summed E-state index contributed by atoms with van der Waals surface area (Å²) in [5, 5.41) is 0.925. The zero-order chi connectivity index (χ0) is 13.9. The summed E-state index contributed by atoms with van der Waals surface area (Å²) in [7, 11) is 0. The van der Waals surface area contributed by atoms with Crippen molar-refractivity contribution in [1.82, 2.24) is 0 Å². The van der Waals surface area contributed by atoms with E-state index in [0.717, 1.165) is 11.8 Å². The molecule has 4 fully saturated rings. The summed E-state index contributed by atoms with van der Waals surface area (Å²) in [4.78, 5) is 13.0. The number of Topliss-reactive ketones (excluding diaryl/α,β-unsaturated/α-hetero) is 1. The van der Waals surface area contributed by atoms with Crippen LogP contribution in [0, 0.1) is 29.6 Å². The highest BCUT2D eigenvalue weighted by Gasteiger charge is 2.50. The molecule has 5 rings (SSSR count). The first-order valence-electron chi connectivity index (χ1n) is 7.61. The van der Waals surface area contributed by atoms with Gasteiger partial charge in [-0.05, 0) is 67.9 Å². The first-order valence-corrected chi connectivity index (χ1v) is 8.37. The van der Waals surface area contributed by atoms with Crippen LogP contribution in [0.1, 0.15) is 42.5 Å². The molecule has 4 saturated carbocycles. The van der Waals surface area contributed by atoms with Gasteiger partial charge in [0.15, 0.2) is 5.78 Å². The van der Waals surface area contributed by atoms with Gasteiger partial charge < -0.3 is 0 Å². The van der Waals surface area contributed by atoms with Crippen molar-refractivity contribution >= 4 is 29.0 Å². The zero-order valence-corrected chi connectivity index (χ0v) is 12.8. The number of ketones is 1. The van der Waals surface area contributed by atoms with Gasteiger partial charge in [0.1, 0.15) is 0 Å². The lowest BCUT2D eigenvalue weighted by Crippen LogP contribution is -2.48. The topological polar surface area (TPSA) is 17.1 Å². The highest BCUT2D eigenvalue weighted by Crippen LogP contribution is 2.57. The minimum atomic E-state index is 0.193. The average Bonchev–Trinajstić information content (AvgIpc) is 2.40. The van der Waals surface area contributed by atoms with Gasteiger partial charge in [-0.3, -0.25) is 4.79 Å². The van der Waals surface area contributed by atoms with Gasteiger partial charge >= 0.3 is 0 Å². The lowest BCUT2D eigenvalue weighted by Gasteiger charge is -2.53. The maximum Gasteiger partial charge on any atom is 0.168 e. The van der Waals surface area contributed by atoms with Crippen LogP contribution >= 0.6 is 23.2 Å². The molecule has 4 bridgehead atoms. The molecule has 0 unspecified atom stereocenters. The maximum atomic E-state index is 13.0. The Balaban J connectivity index is 1.67. The molecule has 1 nitrogen and oxygen atoms in total. The van der Waals surface area contributed by atoms with Crippen LogP contribution in [0.15, 0.2) is 18.2 Å². The average molecular weight is 309 g/mol. The Morgan fingerprint density at radius 2 is 1.55 bits per heavy atom. The Morgan fingerprint density at radius 3 is 2.15 bits per heavy atom. The van der Waals surface area contributed by atoms with Gasteiger partial charge in [0.2, 0.25) is 0 Å². The number of hydrogen-bond acceptors (Lipinski definition) is 1. The van der Waals surface area contributed by atoms with Crippen LogP contribution in [0.4, 0.5) is 0 Å². The molecule has 0 aliphatic heterocycles. The first-order chi connectivity index (χ1) is 9.63. The fourth-order valence-electron chi connectivity index (χ4n) is 5.23. The standard InChI is InChI=1S/C17H18Cl2O/c18-14-3-1-2-13(16(14)19)17(20)15-11-5-9-4-10(7-11)8-12(15)6-9/h1-3,9-12,15H,4-8H2. The Hall–Kier alpha value is -0.530. The van der Waals surface area contributed by atoms with Gasteiger partial charge in [0.25, 0.3) is 0 Å². The van der Waals surface area contributed by atoms with E-state index in [2.05, 4.69) is 0 Å². The van der Waals surface area contributed by atoms with E-state index in [0.29, 0.717) is 27.4 Å². The van der Waals surface area contributed by atoms with Crippen LogP contribution in [0.5, 0.6) is 0 Å². The van der Waals surface area contributed by atoms with Crippen LogP contribution < -0.4 is 0 Å². The molecule has 1 aromatic carbocycles. The molecule has 4 aliphatic rings. The van der Waals surface area contributed by atoms with Gasteiger partial charge in [-0.2, -0.15) is 0 Å².